The summed E-state index contributed by atoms with van der Waals surface area (Å²) in [5.41, 5.74) is 2.03. The van der Waals surface area contributed by atoms with Crippen LogP contribution in [0.1, 0.15) is 33.7 Å². The van der Waals surface area contributed by atoms with E-state index < -0.39 is 0 Å². The van der Waals surface area contributed by atoms with Gasteiger partial charge in [0.25, 0.3) is 5.91 Å². The Morgan fingerprint density at radius 3 is 3.04 bits per heavy atom. The Balaban J connectivity index is 1.64. The van der Waals surface area contributed by atoms with Crippen molar-refractivity contribution in [3.05, 3.63) is 53.4 Å². The van der Waals surface area contributed by atoms with Crippen LogP contribution in [0.5, 0.6) is 0 Å². The van der Waals surface area contributed by atoms with Gasteiger partial charge in [0.05, 0.1) is 24.4 Å². The lowest BCUT2D eigenvalue weighted by Crippen LogP contribution is -2.36. The van der Waals surface area contributed by atoms with Crippen molar-refractivity contribution in [1.82, 2.24) is 25.2 Å². The average Bonchev–Trinajstić information content (AvgIpc) is 2.60. The second-order valence-corrected chi connectivity index (χ2v) is 5.85. The molecule has 1 saturated heterocycles. The number of carbonyl (C=O) groups excluding carboxylic acids is 1. The number of ether oxygens (including phenoxy) is 1. The maximum absolute atomic E-state index is 12.2. The summed E-state index contributed by atoms with van der Waals surface area (Å²) >= 11 is 0. The molecule has 0 spiro atoms. The first kappa shape index (κ1) is 16.5. The maximum Gasteiger partial charge on any atom is 0.253 e. The lowest BCUT2D eigenvalue weighted by Gasteiger charge is -2.29. The van der Waals surface area contributed by atoms with Crippen LogP contribution in [0, 0.1) is 6.92 Å². The number of hydrogen-bond donors (Lipinski definition) is 1. The number of aryl methyl sites for hydroxylation is 1. The third-order valence-corrected chi connectivity index (χ3v) is 3.97. The Morgan fingerprint density at radius 1 is 1.38 bits per heavy atom. The number of nitrogens with one attached hydrogen (secondary N) is 1. The molecule has 3 rings (SSSR count). The normalized spacial score (nSPS) is 18.3. The fourth-order valence-corrected chi connectivity index (χ4v) is 2.59. The number of aromatic nitrogens is 3. The highest BCUT2D eigenvalue weighted by Gasteiger charge is 2.22. The van der Waals surface area contributed by atoms with Gasteiger partial charge in [-0.05, 0) is 32.2 Å². The van der Waals surface area contributed by atoms with Crippen molar-refractivity contribution in [2.45, 2.75) is 19.6 Å². The molecule has 1 N–H and O–H groups in total. The molecular weight excluding hydrogens is 306 g/mol. The summed E-state index contributed by atoms with van der Waals surface area (Å²) < 4.78 is 5.74. The Hall–Kier alpha value is -2.38. The molecule has 0 saturated carbocycles. The van der Waals surface area contributed by atoms with Crippen molar-refractivity contribution in [2.75, 3.05) is 26.7 Å². The predicted octanol–water partition coefficient (Wildman–Crippen LogP) is 1.11. The molecule has 0 unspecified atom stereocenters. The predicted molar refractivity (Wildman–Crippen MR) is 88.4 cm³/mol. The molecule has 7 nitrogen and oxygen atoms in total. The van der Waals surface area contributed by atoms with E-state index in [-0.39, 0.29) is 12.0 Å². The first-order chi connectivity index (χ1) is 11.6. The molecule has 126 valence electrons. The number of pyridine rings is 1. The number of hydrogen-bond acceptors (Lipinski definition) is 6. The minimum absolute atomic E-state index is 0.125. The summed E-state index contributed by atoms with van der Waals surface area (Å²) in [6.45, 7) is 4.51. The molecule has 0 aliphatic carbocycles. The van der Waals surface area contributed by atoms with Gasteiger partial charge < -0.3 is 15.0 Å². The van der Waals surface area contributed by atoms with Gasteiger partial charge in [0.2, 0.25) is 0 Å². The van der Waals surface area contributed by atoms with E-state index in [4.69, 9.17) is 4.74 Å². The van der Waals surface area contributed by atoms with Crippen molar-refractivity contribution in [2.24, 2.45) is 0 Å². The van der Waals surface area contributed by atoms with E-state index in [1.807, 2.05) is 6.92 Å². The van der Waals surface area contributed by atoms with E-state index in [0.29, 0.717) is 30.2 Å². The third kappa shape index (κ3) is 3.93. The Labute approximate surface area is 141 Å². The monoisotopic (exact) mass is 327 g/mol. The van der Waals surface area contributed by atoms with Gasteiger partial charge in [-0.25, -0.2) is 9.97 Å². The van der Waals surface area contributed by atoms with Crippen LogP contribution >= 0.6 is 0 Å². The molecule has 1 amide bonds. The van der Waals surface area contributed by atoms with Crippen LogP contribution in [0.3, 0.4) is 0 Å². The standard InChI is InChI=1S/C17H21N5O2/c1-12-14(4-3-6-18-12)17(23)20-10-13-5-7-19-16(21-13)15-11-22(2)8-9-24-15/h3-7,15H,8-11H2,1-2H3,(H,20,23)/t15-/m1/s1. The van der Waals surface area contributed by atoms with E-state index >= 15 is 0 Å². The molecule has 7 heteroatoms. The topological polar surface area (TPSA) is 80.2 Å². The highest BCUT2D eigenvalue weighted by atomic mass is 16.5. The summed E-state index contributed by atoms with van der Waals surface area (Å²) in [5, 5.41) is 2.87. The third-order valence-electron chi connectivity index (χ3n) is 3.97. The van der Waals surface area contributed by atoms with Gasteiger partial charge in [0, 0.05) is 31.2 Å². The molecule has 0 aromatic carbocycles. The van der Waals surface area contributed by atoms with Gasteiger partial charge in [0.1, 0.15) is 6.10 Å². The number of rotatable bonds is 4. The molecule has 1 aliphatic rings. The lowest BCUT2D eigenvalue weighted by atomic mass is 10.2. The van der Waals surface area contributed by atoms with Crippen molar-refractivity contribution in [1.29, 1.82) is 0 Å². The molecular formula is C17H21N5O2. The molecule has 2 aromatic rings. The molecule has 1 aliphatic heterocycles. The van der Waals surface area contributed by atoms with Crippen molar-refractivity contribution < 1.29 is 9.53 Å². The molecule has 24 heavy (non-hydrogen) atoms. The fourth-order valence-electron chi connectivity index (χ4n) is 2.59. The van der Waals surface area contributed by atoms with Crippen molar-refractivity contribution >= 4 is 5.91 Å². The second kappa shape index (κ2) is 7.46. The first-order valence-corrected chi connectivity index (χ1v) is 7.95. The average molecular weight is 327 g/mol. The molecule has 3 heterocycles. The van der Waals surface area contributed by atoms with Crippen LogP contribution < -0.4 is 5.32 Å². The Morgan fingerprint density at radius 2 is 2.25 bits per heavy atom. The van der Waals surface area contributed by atoms with Gasteiger partial charge >= 0.3 is 0 Å². The van der Waals surface area contributed by atoms with Crippen LogP contribution in [0.25, 0.3) is 0 Å². The highest BCUT2D eigenvalue weighted by molar-refractivity contribution is 5.95. The van der Waals surface area contributed by atoms with Crippen LogP contribution in [-0.2, 0) is 11.3 Å². The van der Waals surface area contributed by atoms with Gasteiger partial charge in [-0.3, -0.25) is 9.78 Å². The van der Waals surface area contributed by atoms with Crippen LogP contribution in [0.4, 0.5) is 0 Å². The lowest BCUT2D eigenvalue weighted by molar-refractivity contribution is -0.0256. The van der Waals surface area contributed by atoms with Gasteiger partial charge in [-0.1, -0.05) is 0 Å². The minimum atomic E-state index is -0.158. The number of morpholine rings is 1. The van der Waals surface area contributed by atoms with Crippen molar-refractivity contribution in [3.63, 3.8) is 0 Å². The van der Waals surface area contributed by atoms with Gasteiger partial charge in [-0.2, -0.15) is 0 Å². The van der Waals surface area contributed by atoms with E-state index in [0.717, 1.165) is 18.8 Å². The summed E-state index contributed by atoms with van der Waals surface area (Å²) in [7, 11) is 2.05. The molecule has 1 fully saturated rings. The van der Waals surface area contributed by atoms with E-state index in [2.05, 4.69) is 32.2 Å². The van der Waals surface area contributed by atoms with Crippen molar-refractivity contribution in [3.8, 4) is 0 Å². The first-order valence-electron chi connectivity index (χ1n) is 7.95. The Kier molecular flexibility index (Phi) is 5.12. The molecule has 1 atom stereocenters. The van der Waals surface area contributed by atoms with Crippen LogP contribution in [0.2, 0.25) is 0 Å². The van der Waals surface area contributed by atoms with E-state index in [9.17, 15) is 4.79 Å². The fraction of sp³-hybridized carbons (Fsp3) is 0.412. The van der Waals surface area contributed by atoms with E-state index in [1.54, 1.807) is 30.6 Å². The number of carbonyl (C=O) groups is 1. The zero-order valence-corrected chi connectivity index (χ0v) is 13.9. The largest absolute Gasteiger partial charge is 0.368 e. The number of likely N-dealkylation sites (N-methyl/N-ethyl adjacent to an activating group) is 1. The maximum atomic E-state index is 12.2. The Bertz CT molecular complexity index is 722. The number of amides is 1. The van der Waals surface area contributed by atoms with Crippen LogP contribution in [-0.4, -0.2) is 52.5 Å². The quantitative estimate of drug-likeness (QED) is 0.906. The second-order valence-electron chi connectivity index (χ2n) is 5.85. The summed E-state index contributed by atoms with van der Waals surface area (Å²) in [6.07, 6.45) is 3.25. The number of nitrogens with zero attached hydrogens (tertiary/aromatic N) is 4. The van der Waals surface area contributed by atoms with Gasteiger partial charge in [0.15, 0.2) is 5.82 Å². The summed E-state index contributed by atoms with van der Waals surface area (Å²) in [6, 6.07) is 5.31. The highest BCUT2D eigenvalue weighted by Crippen LogP contribution is 2.18. The molecule has 2 aromatic heterocycles. The van der Waals surface area contributed by atoms with Crippen LogP contribution in [0.15, 0.2) is 30.6 Å². The summed E-state index contributed by atoms with van der Waals surface area (Å²) in [5.74, 6) is 0.500. The summed E-state index contributed by atoms with van der Waals surface area (Å²) in [4.78, 5) is 27.4. The molecule has 0 radical (unpaired) electrons. The van der Waals surface area contributed by atoms with Gasteiger partial charge in [-0.15, -0.1) is 0 Å². The zero-order chi connectivity index (χ0) is 16.9. The minimum Gasteiger partial charge on any atom is -0.368 e. The molecule has 0 bridgehead atoms. The van der Waals surface area contributed by atoms with E-state index in [1.165, 1.54) is 0 Å². The zero-order valence-electron chi connectivity index (χ0n) is 13.9. The smallest absolute Gasteiger partial charge is 0.253 e. The SMILES string of the molecule is Cc1ncccc1C(=O)NCc1ccnc([C@H]2CN(C)CCO2)n1.